The number of nitrogens with one attached hydrogen (secondary N) is 1. The van der Waals surface area contributed by atoms with Crippen LogP contribution >= 0.6 is 11.8 Å². The zero-order chi connectivity index (χ0) is 13.8. The van der Waals surface area contributed by atoms with Crippen molar-refractivity contribution in [2.75, 3.05) is 6.54 Å². The van der Waals surface area contributed by atoms with E-state index in [2.05, 4.69) is 22.5 Å². The third-order valence-electron chi connectivity index (χ3n) is 3.36. The highest BCUT2D eigenvalue weighted by molar-refractivity contribution is 8.01. The van der Waals surface area contributed by atoms with Crippen LogP contribution < -0.4 is 5.32 Å². The van der Waals surface area contributed by atoms with Crippen LogP contribution in [0.1, 0.15) is 12.0 Å². The van der Waals surface area contributed by atoms with Crippen molar-refractivity contribution < 1.29 is 4.79 Å². The van der Waals surface area contributed by atoms with E-state index in [0.29, 0.717) is 6.54 Å². The maximum Gasteiger partial charge on any atom is 0.233 e. The van der Waals surface area contributed by atoms with Crippen molar-refractivity contribution in [2.24, 2.45) is 0 Å². The van der Waals surface area contributed by atoms with Gasteiger partial charge in [-0.25, -0.2) is 0 Å². The number of carbonyl (C=O) groups excluding carboxylic acids is 1. The van der Waals surface area contributed by atoms with Gasteiger partial charge in [-0.3, -0.25) is 9.48 Å². The number of hydrogen-bond acceptors (Lipinski definition) is 3. The number of aromatic nitrogens is 2. The minimum absolute atomic E-state index is 0.0251. The molecule has 104 valence electrons. The van der Waals surface area contributed by atoms with Gasteiger partial charge in [0.25, 0.3) is 0 Å². The standard InChI is InChI=1S/C15H17N3OS/c19-15(16-7-3-9-18-10-4-8-17-18)14-11-12-5-1-2-6-13(12)20-14/h1-2,4-6,8,10,14H,3,7,9,11H2,(H,16,19)/t14-/m0/s1. The molecule has 0 radical (unpaired) electrons. The highest BCUT2D eigenvalue weighted by Crippen LogP contribution is 2.36. The second-order valence-corrected chi connectivity index (χ2v) is 6.08. The van der Waals surface area contributed by atoms with Crippen LogP contribution in [0.5, 0.6) is 0 Å². The summed E-state index contributed by atoms with van der Waals surface area (Å²) in [5.74, 6) is 0.145. The monoisotopic (exact) mass is 287 g/mol. The summed E-state index contributed by atoms with van der Waals surface area (Å²) in [6, 6.07) is 10.2. The van der Waals surface area contributed by atoms with E-state index in [4.69, 9.17) is 0 Å². The van der Waals surface area contributed by atoms with Crippen molar-refractivity contribution in [1.82, 2.24) is 15.1 Å². The zero-order valence-corrected chi connectivity index (χ0v) is 12.0. The van der Waals surface area contributed by atoms with E-state index in [1.807, 2.05) is 29.1 Å². The minimum Gasteiger partial charge on any atom is -0.355 e. The fraction of sp³-hybridized carbons (Fsp3) is 0.333. The molecule has 2 heterocycles. The Morgan fingerprint density at radius 2 is 2.30 bits per heavy atom. The summed E-state index contributed by atoms with van der Waals surface area (Å²) in [6.07, 6.45) is 5.44. The van der Waals surface area contributed by atoms with E-state index in [1.54, 1.807) is 18.0 Å². The van der Waals surface area contributed by atoms with Crippen LogP contribution in [0.4, 0.5) is 0 Å². The van der Waals surface area contributed by atoms with Gasteiger partial charge in [-0.15, -0.1) is 11.8 Å². The van der Waals surface area contributed by atoms with Crippen LogP contribution in [0.25, 0.3) is 0 Å². The molecule has 0 bridgehead atoms. The number of carbonyl (C=O) groups is 1. The average molecular weight is 287 g/mol. The van der Waals surface area contributed by atoms with E-state index >= 15 is 0 Å². The van der Waals surface area contributed by atoms with Crippen molar-refractivity contribution in [3.05, 3.63) is 48.3 Å². The van der Waals surface area contributed by atoms with Crippen molar-refractivity contribution in [2.45, 2.75) is 29.5 Å². The maximum atomic E-state index is 12.1. The Bertz CT molecular complexity index is 558. The van der Waals surface area contributed by atoms with Gasteiger partial charge < -0.3 is 5.32 Å². The van der Waals surface area contributed by atoms with Gasteiger partial charge in [0.1, 0.15) is 0 Å². The molecule has 0 saturated carbocycles. The molecule has 20 heavy (non-hydrogen) atoms. The third-order valence-corrected chi connectivity index (χ3v) is 4.68. The molecule has 0 aliphatic carbocycles. The van der Waals surface area contributed by atoms with Gasteiger partial charge >= 0.3 is 0 Å². The van der Waals surface area contributed by atoms with E-state index in [1.165, 1.54) is 10.5 Å². The molecule has 0 fully saturated rings. The van der Waals surface area contributed by atoms with Crippen LogP contribution in [-0.2, 0) is 17.8 Å². The van der Waals surface area contributed by atoms with Gasteiger partial charge in [-0.05, 0) is 30.5 Å². The van der Waals surface area contributed by atoms with Gasteiger partial charge in [-0.1, -0.05) is 18.2 Å². The number of hydrogen-bond donors (Lipinski definition) is 1. The van der Waals surface area contributed by atoms with E-state index < -0.39 is 0 Å². The van der Waals surface area contributed by atoms with Gasteiger partial charge in [-0.2, -0.15) is 5.10 Å². The van der Waals surface area contributed by atoms with E-state index in [-0.39, 0.29) is 11.2 Å². The Morgan fingerprint density at radius 3 is 3.10 bits per heavy atom. The Labute approximate surface area is 122 Å². The molecular weight excluding hydrogens is 270 g/mol. The van der Waals surface area contributed by atoms with Crippen LogP contribution in [0.2, 0.25) is 0 Å². The summed E-state index contributed by atoms with van der Waals surface area (Å²) < 4.78 is 1.88. The van der Waals surface area contributed by atoms with E-state index in [0.717, 1.165) is 19.4 Å². The van der Waals surface area contributed by atoms with Gasteiger partial charge in [0.15, 0.2) is 0 Å². The fourth-order valence-electron chi connectivity index (χ4n) is 2.33. The lowest BCUT2D eigenvalue weighted by molar-refractivity contribution is -0.120. The molecule has 1 amide bonds. The first-order valence-electron chi connectivity index (χ1n) is 6.82. The highest BCUT2D eigenvalue weighted by Gasteiger charge is 2.27. The maximum absolute atomic E-state index is 12.1. The predicted octanol–water partition coefficient (Wildman–Crippen LogP) is 2.11. The molecule has 1 aromatic carbocycles. The Hall–Kier alpha value is -1.75. The fourth-order valence-corrected chi connectivity index (χ4v) is 3.55. The molecule has 0 spiro atoms. The van der Waals surface area contributed by atoms with Gasteiger partial charge in [0.05, 0.1) is 5.25 Å². The number of amides is 1. The first-order chi connectivity index (χ1) is 9.83. The summed E-state index contributed by atoms with van der Waals surface area (Å²) in [7, 11) is 0. The second kappa shape index (κ2) is 6.13. The van der Waals surface area contributed by atoms with Gasteiger partial charge in [0, 0.05) is 30.4 Å². The molecule has 4 nitrogen and oxygen atoms in total. The van der Waals surface area contributed by atoms with Crippen LogP contribution in [0.15, 0.2) is 47.6 Å². The van der Waals surface area contributed by atoms with Crippen LogP contribution in [-0.4, -0.2) is 27.5 Å². The van der Waals surface area contributed by atoms with Crippen molar-refractivity contribution in [3.63, 3.8) is 0 Å². The molecule has 1 aliphatic rings. The SMILES string of the molecule is O=C(NCCCn1cccn1)[C@@H]1Cc2ccccc2S1. The summed E-state index contributed by atoms with van der Waals surface area (Å²) in [4.78, 5) is 13.4. The molecular formula is C15H17N3OS. The quantitative estimate of drug-likeness (QED) is 0.857. The number of fused-ring (bicyclic) bond motifs is 1. The summed E-state index contributed by atoms with van der Waals surface area (Å²) in [5, 5.41) is 7.18. The van der Waals surface area contributed by atoms with E-state index in [9.17, 15) is 4.79 Å². The molecule has 1 aliphatic heterocycles. The van der Waals surface area contributed by atoms with Crippen molar-refractivity contribution in [1.29, 1.82) is 0 Å². The van der Waals surface area contributed by atoms with Crippen molar-refractivity contribution >= 4 is 17.7 Å². The number of benzene rings is 1. The average Bonchev–Trinajstić information content (AvgIpc) is 3.12. The second-order valence-electron chi connectivity index (χ2n) is 4.83. The van der Waals surface area contributed by atoms with Crippen LogP contribution in [0, 0.1) is 0 Å². The number of nitrogens with zero attached hydrogens (tertiary/aromatic N) is 2. The molecule has 0 saturated heterocycles. The Morgan fingerprint density at radius 1 is 1.40 bits per heavy atom. The normalized spacial score (nSPS) is 16.9. The molecule has 5 heteroatoms. The minimum atomic E-state index is 0.0251. The lowest BCUT2D eigenvalue weighted by atomic mass is 10.1. The zero-order valence-electron chi connectivity index (χ0n) is 11.2. The summed E-state index contributed by atoms with van der Waals surface area (Å²) >= 11 is 1.67. The number of thioether (sulfide) groups is 1. The number of aryl methyl sites for hydroxylation is 1. The first-order valence-corrected chi connectivity index (χ1v) is 7.70. The largest absolute Gasteiger partial charge is 0.355 e. The molecule has 3 rings (SSSR count). The third kappa shape index (κ3) is 3.04. The lowest BCUT2D eigenvalue weighted by Crippen LogP contribution is -2.33. The smallest absolute Gasteiger partial charge is 0.233 e. The molecule has 1 aromatic heterocycles. The topological polar surface area (TPSA) is 46.9 Å². The molecule has 1 atom stereocenters. The summed E-state index contributed by atoms with van der Waals surface area (Å²) in [5.41, 5.74) is 1.29. The van der Waals surface area contributed by atoms with Crippen LogP contribution in [0.3, 0.4) is 0 Å². The van der Waals surface area contributed by atoms with Gasteiger partial charge in [0.2, 0.25) is 5.91 Å². The molecule has 2 aromatic rings. The Kier molecular flexibility index (Phi) is 4.06. The van der Waals surface area contributed by atoms with Crippen molar-refractivity contribution in [3.8, 4) is 0 Å². The Balaban J connectivity index is 1.42. The molecule has 1 N–H and O–H groups in total. The summed E-state index contributed by atoms with van der Waals surface area (Å²) in [6.45, 7) is 1.54. The predicted molar refractivity (Wildman–Crippen MR) is 79.6 cm³/mol. The molecule has 0 unspecified atom stereocenters. The number of rotatable bonds is 5. The first kappa shape index (κ1) is 13.2. The highest BCUT2D eigenvalue weighted by atomic mass is 32.2. The lowest BCUT2D eigenvalue weighted by Gasteiger charge is -2.09.